The zero-order valence-corrected chi connectivity index (χ0v) is 9.46. The largest absolute Gasteiger partial charge is 0.469 e. The van der Waals surface area contributed by atoms with Crippen LogP contribution in [0.5, 0.6) is 0 Å². The molecule has 14 heavy (non-hydrogen) atoms. The summed E-state index contributed by atoms with van der Waals surface area (Å²) in [4.78, 5) is 10.9. The predicted octanol–water partition coefficient (Wildman–Crippen LogP) is 0.546. The summed E-state index contributed by atoms with van der Waals surface area (Å²) < 4.78 is 4.55. The SMILES string of the molecule is COC(=O)CC(C)NCC(C)(C)CO. The van der Waals surface area contributed by atoms with Gasteiger partial charge in [0.15, 0.2) is 0 Å². The second-order valence-electron chi connectivity index (χ2n) is 4.38. The summed E-state index contributed by atoms with van der Waals surface area (Å²) in [6, 6.07) is 0.0771. The lowest BCUT2D eigenvalue weighted by atomic mass is 9.94. The lowest BCUT2D eigenvalue weighted by Gasteiger charge is -2.24. The molecular weight excluding hydrogens is 182 g/mol. The van der Waals surface area contributed by atoms with Gasteiger partial charge in [0, 0.05) is 24.6 Å². The number of hydrogen-bond acceptors (Lipinski definition) is 4. The molecule has 0 radical (unpaired) electrons. The Morgan fingerprint density at radius 2 is 2.14 bits per heavy atom. The molecule has 0 aliphatic heterocycles. The van der Waals surface area contributed by atoms with Crippen LogP contribution in [0.2, 0.25) is 0 Å². The minimum absolute atomic E-state index is 0.0771. The Morgan fingerprint density at radius 3 is 2.57 bits per heavy atom. The van der Waals surface area contributed by atoms with Crippen LogP contribution in [0.4, 0.5) is 0 Å². The van der Waals surface area contributed by atoms with Crippen molar-refractivity contribution in [3.8, 4) is 0 Å². The van der Waals surface area contributed by atoms with Crippen molar-refractivity contribution in [1.29, 1.82) is 0 Å². The molecule has 0 fully saturated rings. The molecule has 2 N–H and O–H groups in total. The lowest BCUT2D eigenvalue weighted by molar-refractivity contribution is -0.141. The van der Waals surface area contributed by atoms with Crippen LogP contribution in [0.25, 0.3) is 0 Å². The van der Waals surface area contributed by atoms with E-state index in [4.69, 9.17) is 5.11 Å². The summed E-state index contributed by atoms with van der Waals surface area (Å²) in [6.07, 6.45) is 0.359. The number of methoxy groups -OCH3 is 1. The van der Waals surface area contributed by atoms with Gasteiger partial charge in [0.05, 0.1) is 13.5 Å². The molecular formula is C10H21NO3. The number of aliphatic hydroxyl groups excluding tert-OH is 1. The molecule has 0 amide bonds. The van der Waals surface area contributed by atoms with Gasteiger partial charge in [-0.05, 0) is 6.92 Å². The van der Waals surface area contributed by atoms with Gasteiger partial charge in [-0.1, -0.05) is 13.8 Å². The van der Waals surface area contributed by atoms with Crippen molar-refractivity contribution in [2.45, 2.75) is 33.2 Å². The Morgan fingerprint density at radius 1 is 1.57 bits per heavy atom. The predicted molar refractivity (Wildman–Crippen MR) is 55.0 cm³/mol. The lowest BCUT2D eigenvalue weighted by Crippen LogP contribution is -2.38. The maximum Gasteiger partial charge on any atom is 0.307 e. The summed E-state index contributed by atoms with van der Waals surface area (Å²) in [5, 5.41) is 12.2. The van der Waals surface area contributed by atoms with E-state index in [0.29, 0.717) is 13.0 Å². The van der Waals surface area contributed by atoms with Crippen molar-refractivity contribution in [3.05, 3.63) is 0 Å². The molecule has 0 rings (SSSR count). The van der Waals surface area contributed by atoms with Crippen molar-refractivity contribution < 1.29 is 14.6 Å². The molecule has 1 unspecified atom stereocenters. The number of aliphatic hydroxyl groups is 1. The van der Waals surface area contributed by atoms with Gasteiger partial charge in [-0.2, -0.15) is 0 Å². The van der Waals surface area contributed by atoms with E-state index >= 15 is 0 Å². The average molecular weight is 203 g/mol. The van der Waals surface area contributed by atoms with E-state index in [1.54, 1.807) is 0 Å². The van der Waals surface area contributed by atoms with Gasteiger partial charge in [-0.25, -0.2) is 0 Å². The minimum atomic E-state index is -0.216. The zero-order valence-electron chi connectivity index (χ0n) is 9.46. The highest BCUT2D eigenvalue weighted by Crippen LogP contribution is 2.11. The van der Waals surface area contributed by atoms with Gasteiger partial charge < -0.3 is 15.2 Å². The maximum absolute atomic E-state index is 10.9. The summed E-state index contributed by atoms with van der Waals surface area (Å²) >= 11 is 0. The fourth-order valence-electron chi connectivity index (χ4n) is 0.912. The average Bonchev–Trinajstić information content (AvgIpc) is 2.15. The monoisotopic (exact) mass is 203 g/mol. The number of carbonyl (C=O) groups excluding carboxylic acids is 1. The fraction of sp³-hybridized carbons (Fsp3) is 0.900. The second-order valence-corrected chi connectivity index (χ2v) is 4.38. The van der Waals surface area contributed by atoms with Crippen molar-refractivity contribution in [2.24, 2.45) is 5.41 Å². The molecule has 0 aliphatic carbocycles. The molecule has 0 bridgehead atoms. The standard InChI is InChI=1S/C10H21NO3/c1-8(5-9(13)14-4)11-6-10(2,3)7-12/h8,11-12H,5-7H2,1-4H3. The molecule has 0 spiro atoms. The molecule has 0 aliphatic rings. The number of nitrogens with one attached hydrogen (secondary N) is 1. The van der Waals surface area contributed by atoms with Gasteiger partial charge in [0.1, 0.15) is 0 Å². The van der Waals surface area contributed by atoms with Crippen LogP contribution < -0.4 is 5.32 Å². The van der Waals surface area contributed by atoms with Crippen LogP contribution in [0.1, 0.15) is 27.2 Å². The van der Waals surface area contributed by atoms with Crippen molar-refractivity contribution in [1.82, 2.24) is 5.32 Å². The highest BCUT2D eigenvalue weighted by atomic mass is 16.5. The molecule has 84 valence electrons. The van der Waals surface area contributed by atoms with E-state index in [1.807, 2.05) is 20.8 Å². The minimum Gasteiger partial charge on any atom is -0.469 e. The summed E-state index contributed by atoms with van der Waals surface area (Å²) in [5.41, 5.74) is -0.148. The topological polar surface area (TPSA) is 58.6 Å². The number of carbonyl (C=O) groups is 1. The van der Waals surface area contributed by atoms with Crippen molar-refractivity contribution in [3.63, 3.8) is 0 Å². The quantitative estimate of drug-likeness (QED) is 0.619. The third kappa shape index (κ3) is 5.94. The molecule has 0 saturated carbocycles. The first-order valence-electron chi connectivity index (χ1n) is 4.82. The van der Waals surface area contributed by atoms with E-state index < -0.39 is 0 Å². The van der Waals surface area contributed by atoms with Gasteiger partial charge in [0.25, 0.3) is 0 Å². The first-order valence-corrected chi connectivity index (χ1v) is 4.82. The first kappa shape index (κ1) is 13.4. The number of ether oxygens (including phenoxy) is 1. The third-order valence-corrected chi connectivity index (χ3v) is 2.06. The fourth-order valence-corrected chi connectivity index (χ4v) is 0.912. The Balaban J connectivity index is 3.74. The van der Waals surface area contributed by atoms with E-state index in [2.05, 4.69) is 10.1 Å². The van der Waals surface area contributed by atoms with Gasteiger partial charge >= 0.3 is 5.97 Å². The number of rotatable bonds is 6. The maximum atomic E-state index is 10.9. The zero-order chi connectivity index (χ0) is 11.2. The number of esters is 1. The second kappa shape index (κ2) is 5.98. The molecule has 4 heteroatoms. The van der Waals surface area contributed by atoms with E-state index in [-0.39, 0.29) is 24.0 Å². The molecule has 4 nitrogen and oxygen atoms in total. The van der Waals surface area contributed by atoms with E-state index in [0.717, 1.165) is 0 Å². The molecule has 0 aromatic carbocycles. The molecule has 0 heterocycles. The van der Waals surface area contributed by atoms with Crippen LogP contribution in [0.15, 0.2) is 0 Å². The number of hydrogen-bond donors (Lipinski definition) is 2. The van der Waals surface area contributed by atoms with Gasteiger partial charge in [-0.15, -0.1) is 0 Å². The summed E-state index contributed by atoms with van der Waals surface area (Å²) in [5.74, 6) is -0.216. The van der Waals surface area contributed by atoms with Crippen LogP contribution >= 0.6 is 0 Å². The Kier molecular flexibility index (Phi) is 5.72. The highest BCUT2D eigenvalue weighted by Gasteiger charge is 2.18. The van der Waals surface area contributed by atoms with Gasteiger partial charge in [0.2, 0.25) is 0 Å². The van der Waals surface area contributed by atoms with E-state index in [1.165, 1.54) is 7.11 Å². The van der Waals surface area contributed by atoms with Crippen molar-refractivity contribution in [2.75, 3.05) is 20.3 Å². The van der Waals surface area contributed by atoms with Gasteiger partial charge in [-0.3, -0.25) is 4.79 Å². The molecule has 0 aromatic rings. The normalized spacial score (nSPS) is 13.8. The van der Waals surface area contributed by atoms with Crippen LogP contribution in [-0.2, 0) is 9.53 Å². The van der Waals surface area contributed by atoms with Crippen molar-refractivity contribution >= 4 is 5.97 Å². The van der Waals surface area contributed by atoms with Crippen LogP contribution in [-0.4, -0.2) is 37.4 Å². The van der Waals surface area contributed by atoms with E-state index in [9.17, 15) is 4.79 Å². The molecule has 0 aromatic heterocycles. The highest BCUT2D eigenvalue weighted by molar-refractivity contribution is 5.69. The van der Waals surface area contributed by atoms with Crippen LogP contribution in [0, 0.1) is 5.41 Å². The summed E-state index contributed by atoms with van der Waals surface area (Å²) in [6.45, 7) is 6.66. The summed E-state index contributed by atoms with van der Waals surface area (Å²) in [7, 11) is 1.38. The van der Waals surface area contributed by atoms with Crippen LogP contribution in [0.3, 0.4) is 0 Å². The smallest absolute Gasteiger partial charge is 0.307 e. The third-order valence-electron chi connectivity index (χ3n) is 2.06. The Labute approximate surface area is 85.6 Å². The first-order chi connectivity index (χ1) is 6.41. The Hall–Kier alpha value is -0.610. The molecule has 0 saturated heterocycles. The molecule has 1 atom stereocenters. The Bertz CT molecular complexity index is 180.